The molecule has 0 radical (unpaired) electrons. The molecule has 176 valence electrons. The van der Waals surface area contributed by atoms with Crippen LogP contribution < -0.4 is 5.32 Å². The van der Waals surface area contributed by atoms with Gasteiger partial charge in [0.1, 0.15) is 11.2 Å². The first kappa shape index (κ1) is 23.4. The Morgan fingerprint density at radius 2 is 2.15 bits per heavy atom. The summed E-state index contributed by atoms with van der Waals surface area (Å²) in [6.45, 7) is 8.77. The maximum Gasteiger partial charge on any atom is 0.410 e. The summed E-state index contributed by atoms with van der Waals surface area (Å²) in [7, 11) is 1.66. The molecule has 0 saturated heterocycles. The van der Waals surface area contributed by atoms with Crippen LogP contribution in [0.15, 0.2) is 47.8 Å². The van der Waals surface area contributed by atoms with E-state index in [1.54, 1.807) is 18.2 Å². The molecule has 3 heterocycles. The fourth-order valence-corrected chi connectivity index (χ4v) is 4.27. The summed E-state index contributed by atoms with van der Waals surface area (Å²) in [5.74, 6) is 0. The number of anilines is 1. The maximum absolute atomic E-state index is 12.3. The Hall–Kier alpha value is -2.77. The molecule has 33 heavy (non-hydrogen) atoms. The van der Waals surface area contributed by atoms with Gasteiger partial charge in [-0.05, 0) is 64.0 Å². The van der Waals surface area contributed by atoms with Gasteiger partial charge in [0.2, 0.25) is 0 Å². The molecule has 1 amide bonds. The zero-order valence-electron chi connectivity index (χ0n) is 19.7. The number of amides is 1. The van der Waals surface area contributed by atoms with Crippen LogP contribution in [-0.2, 0) is 9.47 Å². The van der Waals surface area contributed by atoms with Crippen LogP contribution in [0.4, 0.5) is 10.5 Å². The lowest BCUT2D eigenvalue weighted by atomic mass is 10.0. The number of allylic oxidation sites excluding steroid dienone is 1. The van der Waals surface area contributed by atoms with E-state index in [2.05, 4.69) is 27.4 Å². The summed E-state index contributed by atoms with van der Waals surface area (Å²) >= 11 is 6.43. The Bertz CT molecular complexity index is 1140. The number of aromatic nitrogens is 2. The molecule has 2 unspecified atom stereocenters. The molecule has 8 heteroatoms. The van der Waals surface area contributed by atoms with Crippen LogP contribution in [0, 0.1) is 0 Å². The fourth-order valence-electron chi connectivity index (χ4n) is 4.03. The first-order valence-electron chi connectivity index (χ1n) is 11.1. The first-order valence-corrected chi connectivity index (χ1v) is 11.6. The Kier molecular flexibility index (Phi) is 6.54. The summed E-state index contributed by atoms with van der Waals surface area (Å²) in [6, 6.07) is 4.07. The molecule has 0 spiro atoms. The van der Waals surface area contributed by atoms with Crippen molar-refractivity contribution in [2.24, 2.45) is 0 Å². The number of methoxy groups -OCH3 is 1. The molecular weight excluding hydrogens is 440 g/mol. The lowest BCUT2D eigenvalue weighted by Crippen LogP contribution is -2.39. The normalized spacial score (nSPS) is 21.4. The second kappa shape index (κ2) is 9.23. The first-order chi connectivity index (χ1) is 15.6. The third-order valence-corrected chi connectivity index (χ3v) is 6.33. The quantitative estimate of drug-likeness (QED) is 0.579. The SMILES string of the molecule is COC1C=C(Nc2ccnc3[nH]c(C4=CCN(C(=O)OC(C)(C)C)CC4)cc23)C=C(C)C1Cl. The van der Waals surface area contributed by atoms with E-state index < -0.39 is 5.60 Å². The summed E-state index contributed by atoms with van der Waals surface area (Å²) < 4.78 is 11.0. The van der Waals surface area contributed by atoms with Crippen molar-refractivity contribution in [2.75, 3.05) is 25.5 Å². The molecule has 1 aliphatic carbocycles. The highest BCUT2D eigenvalue weighted by atomic mass is 35.5. The lowest BCUT2D eigenvalue weighted by molar-refractivity contribution is 0.0270. The monoisotopic (exact) mass is 470 g/mol. The number of hydrogen-bond acceptors (Lipinski definition) is 5. The van der Waals surface area contributed by atoms with Crippen molar-refractivity contribution < 1.29 is 14.3 Å². The molecular formula is C25H31ClN4O3. The molecule has 2 aliphatic rings. The highest BCUT2D eigenvalue weighted by Gasteiger charge is 2.25. The number of fused-ring (bicyclic) bond motifs is 1. The Labute approximate surface area is 199 Å². The highest BCUT2D eigenvalue weighted by Crippen LogP contribution is 2.31. The molecule has 0 bridgehead atoms. The van der Waals surface area contributed by atoms with E-state index in [1.807, 2.05) is 45.9 Å². The number of carbonyl (C=O) groups is 1. The Morgan fingerprint density at radius 3 is 2.82 bits per heavy atom. The van der Waals surface area contributed by atoms with Gasteiger partial charge in [-0.15, -0.1) is 11.6 Å². The minimum Gasteiger partial charge on any atom is -0.444 e. The number of pyridine rings is 1. The summed E-state index contributed by atoms with van der Waals surface area (Å²) in [5, 5.41) is 4.32. The van der Waals surface area contributed by atoms with Gasteiger partial charge in [0.25, 0.3) is 0 Å². The number of carbonyl (C=O) groups excluding carboxylic acids is 1. The smallest absolute Gasteiger partial charge is 0.410 e. The number of H-pyrrole nitrogens is 1. The summed E-state index contributed by atoms with van der Waals surface area (Å²) in [6.07, 6.45) is 8.18. The van der Waals surface area contributed by atoms with Gasteiger partial charge in [0, 0.05) is 43.2 Å². The molecule has 2 N–H and O–H groups in total. The topological polar surface area (TPSA) is 79.5 Å². The van der Waals surface area contributed by atoms with Crippen LogP contribution in [0.1, 0.15) is 39.8 Å². The average molecular weight is 471 g/mol. The van der Waals surface area contributed by atoms with Crippen LogP contribution in [0.3, 0.4) is 0 Å². The van der Waals surface area contributed by atoms with Crippen LogP contribution in [0.5, 0.6) is 0 Å². The van der Waals surface area contributed by atoms with Crippen molar-refractivity contribution in [3.63, 3.8) is 0 Å². The number of hydrogen-bond donors (Lipinski definition) is 2. The van der Waals surface area contributed by atoms with E-state index >= 15 is 0 Å². The van der Waals surface area contributed by atoms with Crippen molar-refractivity contribution in [3.05, 3.63) is 53.5 Å². The lowest BCUT2D eigenvalue weighted by Gasteiger charge is -2.29. The van der Waals surface area contributed by atoms with Gasteiger partial charge in [-0.2, -0.15) is 0 Å². The van der Waals surface area contributed by atoms with Gasteiger partial charge in [-0.25, -0.2) is 9.78 Å². The predicted molar refractivity (Wildman–Crippen MR) is 132 cm³/mol. The van der Waals surface area contributed by atoms with E-state index in [9.17, 15) is 4.79 Å². The molecule has 1 aliphatic heterocycles. The van der Waals surface area contributed by atoms with E-state index in [1.165, 1.54) is 0 Å². The fraction of sp³-hybridized carbons (Fsp3) is 0.440. The standard InChI is InChI=1S/C25H31ClN4O3/c1-15-12-17(13-21(32-5)22(15)26)28-19-6-9-27-23-18(19)14-20(29-23)16-7-10-30(11-8-16)24(31)33-25(2,3)4/h6-7,9,12-14,21-22H,8,10-11H2,1-5H3,(H2,27,28,29). The van der Waals surface area contributed by atoms with Crippen LogP contribution in [0.2, 0.25) is 0 Å². The zero-order valence-corrected chi connectivity index (χ0v) is 20.5. The molecule has 4 rings (SSSR count). The minimum absolute atomic E-state index is 0.171. The van der Waals surface area contributed by atoms with Gasteiger partial charge in [-0.3, -0.25) is 0 Å². The number of nitrogens with zero attached hydrogens (tertiary/aromatic N) is 2. The van der Waals surface area contributed by atoms with E-state index in [0.29, 0.717) is 13.1 Å². The van der Waals surface area contributed by atoms with Crippen LogP contribution >= 0.6 is 11.6 Å². The second-order valence-electron chi connectivity index (χ2n) is 9.45. The second-order valence-corrected chi connectivity index (χ2v) is 9.92. The van der Waals surface area contributed by atoms with Gasteiger partial charge < -0.3 is 24.7 Å². The molecule has 2 aromatic heterocycles. The van der Waals surface area contributed by atoms with Gasteiger partial charge >= 0.3 is 6.09 Å². The zero-order chi connectivity index (χ0) is 23.8. The summed E-state index contributed by atoms with van der Waals surface area (Å²) in [4.78, 5) is 22.0. The number of aromatic amines is 1. The minimum atomic E-state index is -0.497. The van der Waals surface area contributed by atoms with Crippen LogP contribution in [-0.4, -0.2) is 58.2 Å². The van der Waals surface area contributed by atoms with Crippen molar-refractivity contribution in [1.82, 2.24) is 14.9 Å². The molecule has 0 saturated carbocycles. The van der Waals surface area contributed by atoms with Gasteiger partial charge in [0.15, 0.2) is 0 Å². The molecule has 2 aromatic rings. The van der Waals surface area contributed by atoms with E-state index in [0.717, 1.165) is 45.7 Å². The van der Waals surface area contributed by atoms with Crippen molar-refractivity contribution in [1.29, 1.82) is 0 Å². The van der Waals surface area contributed by atoms with Gasteiger partial charge in [-0.1, -0.05) is 11.6 Å². The molecule has 7 nitrogen and oxygen atoms in total. The number of halogens is 1. The predicted octanol–water partition coefficient (Wildman–Crippen LogP) is 5.47. The number of rotatable bonds is 4. The average Bonchev–Trinajstić information content (AvgIpc) is 3.20. The van der Waals surface area contributed by atoms with Crippen molar-refractivity contribution >= 4 is 40.0 Å². The number of nitrogens with one attached hydrogen (secondary N) is 2. The van der Waals surface area contributed by atoms with Crippen molar-refractivity contribution in [3.8, 4) is 0 Å². The van der Waals surface area contributed by atoms with E-state index in [4.69, 9.17) is 21.1 Å². The Balaban J connectivity index is 1.53. The number of ether oxygens (including phenoxy) is 2. The third-order valence-electron chi connectivity index (χ3n) is 5.74. The maximum atomic E-state index is 12.3. The molecule has 2 atom stereocenters. The number of alkyl halides is 1. The van der Waals surface area contributed by atoms with E-state index in [-0.39, 0.29) is 17.6 Å². The van der Waals surface area contributed by atoms with Gasteiger partial charge in [0.05, 0.1) is 17.2 Å². The summed E-state index contributed by atoms with van der Waals surface area (Å²) in [5.41, 5.74) is 5.43. The molecule has 0 fully saturated rings. The van der Waals surface area contributed by atoms with Crippen molar-refractivity contribution in [2.45, 2.75) is 51.2 Å². The largest absolute Gasteiger partial charge is 0.444 e. The third kappa shape index (κ3) is 5.25. The van der Waals surface area contributed by atoms with Crippen LogP contribution in [0.25, 0.3) is 16.6 Å². The highest BCUT2D eigenvalue weighted by molar-refractivity contribution is 6.23. The Morgan fingerprint density at radius 1 is 1.36 bits per heavy atom. The molecule has 0 aromatic carbocycles.